The second-order valence-corrected chi connectivity index (χ2v) is 5.73. The van der Waals surface area contributed by atoms with Gasteiger partial charge in [-0.2, -0.15) is 4.73 Å². The van der Waals surface area contributed by atoms with Crippen LogP contribution in [0.2, 0.25) is 0 Å². The smallest absolute Gasteiger partial charge is 0.257 e. The fourth-order valence-corrected chi connectivity index (χ4v) is 2.69. The van der Waals surface area contributed by atoms with Gasteiger partial charge in [0.05, 0.1) is 6.04 Å². The Morgan fingerprint density at radius 2 is 2.08 bits per heavy atom. The summed E-state index contributed by atoms with van der Waals surface area (Å²) in [6, 6.07) is 8.67. The van der Waals surface area contributed by atoms with Gasteiger partial charge in [-0.15, -0.1) is 0 Å². The number of rotatable bonds is 4. The van der Waals surface area contributed by atoms with Crippen molar-refractivity contribution in [3.8, 4) is 0 Å². The second-order valence-electron chi connectivity index (χ2n) is 5.73. The quantitative estimate of drug-likeness (QED) is 0.671. The number of carbonyl (C=O) groups excluding carboxylic acids is 2. The number of hydrogen-bond donors (Lipinski definition) is 1. The number of hydrogen-bond acceptors (Lipinski definition) is 3. The minimum atomic E-state index is -0.387. The standard InChI is InChI=1S/C17H16FN3O3/c18-14-5-3-12(4-6-14)9-20-11-15(8-16(20)22)19-17(23)13-2-1-7-21(24)10-13/h1-7,10,15H,8-9,11H2,(H,19,23). The SMILES string of the molecule is O=C(NC1CC(=O)N(Cc2ccc(F)cc2)C1)c1ccc[n+]([O-])c1. The maximum atomic E-state index is 12.9. The second kappa shape index (κ2) is 6.66. The molecule has 7 heteroatoms. The van der Waals surface area contributed by atoms with Crippen LogP contribution in [0.15, 0.2) is 48.8 Å². The van der Waals surface area contributed by atoms with Crippen molar-refractivity contribution in [2.24, 2.45) is 0 Å². The summed E-state index contributed by atoms with van der Waals surface area (Å²) in [7, 11) is 0. The first-order valence-electron chi connectivity index (χ1n) is 7.53. The first-order valence-corrected chi connectivity index (χ1v) is 7.53. The maximum absolute atomic E-state index is 12.9. The zero-order chi connectivity index (χ0) is 17.1. The highest BCUT2D eigenvalue weighted by molar-refractivity contribution is 5.94. The van der Waals surface area contributed by atoms with Gasteiger partial charge in [0.25, 0.3) is 5.91 Å². The van der Waals surface area contributed by atoms with Gasteiger partial charge in [0, 0.05) is 25.6 Å². The van der Waals surface area contributed by atoms with E-state index in [9.17, 15) is 19.2 Å². The van der Waals surface area contributed by atoms with E-state index in [0.717, 1.165) is 5.56 Å². The number of nitrogens with zero attached hydrogens (tertiary/aromatic N) is 2. The van der Waals surface area contributed by atoms with E-state index in [0.29, 0.717) is 17.8 Å². The van der Waals surface area contributed by atoms with Crippen LogP contribution in [0.25, 0.3) is 0 Å². The van der Waals surface area contributed by atoms with Crippen molar-refractivity contribution < 1.29 is 18.7 Å². The lowest BCUT2D eigenvalue weighted by molar-refractivity contribution is -0.605. The molecule has 2 amide bonds. The predicted molar refractivity (Wildman–Crippen MR) is 83.1 cm³/mol. The highest BCUT2D eigenvalue weighted by atomic mass is 19.1. The summed E-state index contributed by atoms with van der Waals surface area (Å²) in [5, 5.41) is 14.0. The van der Waals surface area contributed by atoms with E-state index >= 15 is 0 Å². The maximum Gasteiger partial charge on any atom is 0.257 e. The molecule has 0 bridgehead atoms. The molecular weight excluding hydrogens is 313 g/mol. The summed E-state index contributed by atoms with van der Waals surface area (Å²) in [4.78, 5) is 25.8. The molecule has 1 fully saturated rings. The van der Waals surface area contributed by atoms with Crippen molar-refractivity contribution >= 4 is 11.8 Å². The monoisotopic (exact) mass is 329 g/mol. The van der Waals surface area contributed by atoms with E-state index in [1.54, 1.807) is 17.0 Å². The molecule has 24 heavy (non-hydrogen) atoms. The molecule has 6 nitrogen and oxygen atoms in total. The lowest BCUT2D eigenvalue weighted by Crippen LogP contribution is -2.38. The van der Waals surface area contributed by atoms with E-state index in [2.05, 4.69) is 5.32 Å². The van der Waals surface area contributed by atoms with Crippen molar-refractivity contribution in [3.05, 3.63) is 70.9 Å². The highest BCUT2D eigenvalue weighted by Crippen LogP contribution is 2.16. The molecular formula is C17H16FN3O3. The van der Waals surface area contributed by atoms with Gasteiger partial charge >= 0.3 is 0 Å². The van der Waals surface area contributed by atoms with E-state index in [-0.39, 0.29) is 35.7 Å². The van der Waals surface area contributed by atoms with Crippen molar-refractivity contribution in [1.29, 1.82) is 0 Å². The van der Waals surface area contributed by atoms with Crippen LogP contribution in [0, 0.1) is 11.0 Å². The molecule has 124 valence electrons. The number of halogens is 1. The molecule has 1 saturated heterocycles. The molecule has 1 aliphatic rings. The topological polar surface area (TPSA) is 76.4 Å². The third-order valence-electron chi connectivity index (χ3n) is 3.87. The molecule has 2 aromatic rings. The van der Waals surface area contributed by atoms with Gasteiger partial charge in [-0.3, -0.25) is 9.59 Å². The molecule has 1 aromatic heterocycles. The van der Waals surface area contributed by atoms with Crippen molar-refractivity contribution in [3.63, 3.8) is 0 Å². The van der Waals surface area contributed by atoms with E-state index < -0.39 is 0 Å². The average molecular weight is 329 g/mol. The van der Waals surface area contributed by atoms with Gasteiger partial charge in [-0.05, 0) is 23.8 Å². The minimum Gasteiger partial charge on any atom is -0.619 e. The number of carbonyl (C=O) groups is 2. The average Bonchev–Trinajstić information content (AvgIpc) is 2.89. The number of aromatic nitrogens is 1. The molecule has 1 N–H and O–H groups in total. The van der Waals surface area contributed by atoms with Crippen LogP contribution in [0.4, 0.5) is 4.39 Å². The van der Waals surface area contributed by atoms with E-state index in [1.807, 2.05) is 0 Å². The Labute approximate surface area is 138 Å². The van der Waals surface area contributed by atoms with Gasteiger partial charge in [-0.25, -0.2) is 4.39 Å². The lowest BCUT2D eigenvalue weighted by atomic mass is 10.2. The van der Waals surface area contributed by atoms with Crippen LogP contribution in [-0.2, 0) is 11.3 Å². The molecule has 3 rings (SSSR count). The van der Waals surface area contributed by atoms with Gasteiger partial charge in [0.1, 0.15) is 11.4 Å². The molecule has 0 saturated carbocycles. The zero-order valence-electron chi connectivity index (χ0n) is 12.8. The first-order chi connectivity index (χ1) is 11.5. The molecule has 0 radical (unpaired) electrons. The summed E-state index contributed by atoms with van der Waals surface area (Å²) in [5.74, 6) is -0.784. The molecule has 1 aliphatic heterocycles. The summed E-state index contributed by atoms with van der Waals surface area (Å²) in [5.41, 5.74) is 1.07. The number of benzene rings is 1. The zero-order valence-corrected chi connectivity index (χ0v) is 12.8. The largest absolute Gasteiger partial charge is 0.619 e. The van der Waals surface area contributed by atoms with Crippen LogP contribution >= 0.6 is 0 Å². The Hall–Kier alpha value is -2.96. The molecule has 0 aliphatic carbocycles. The summed E-state index contributed by atoms with van der Waals surface area (Å²) >= 11 is 0. The summed E-state index contributed by atoms with van der Waals surface area (Å²) < 4.78 is 13.5. The Morgan fingerprint density at radius 1 is 1.33 bits per heavy atom. The molecule has 1 unspecified atom stereocenters. The van der Waals surface area contributed by atoms with Gasteiger partial charge < -0.3 is 15.4 Å². The fraction of sp³-hybridized carbons (Fsp3) is 0.235. The van der Waals surface area contributed by atoms with Crippen LogP contribution in [-0.4, -0.2) is 29.3 Å². The first kappa shape index (κ1) is 15.9. The Kier molecular flexibility index (Phi) is 4.41. The number of pyridine rings is 1. The third kappa shape index (κ3) is 3.68. The Morgan fingerprint density at radius 3 is 2.79 bits per heavy atom. The molecule has 1 atom stereocenters. The molecule has 0 spiro atoms. The number of nitrogens with one attached hydrogen (secondary N) is 1. The van der Waals surface area contributed by atoms with Gasteiger partial charge in [-0.1, -0.05) is 12.1 Å². The Balaban J connectivity index is 1.60. The summed E-state index contributed by atoms with van der Waals surface area (Å²) in [6.45, 7) is 0.754. The normalized spacial score (nSPS) is 17.1. The van der Waals surface area contributed by atoms with Gasteiger partial charge in [0.2, 0.25) is 5.91 Å². The van der Waals surface area contributed by atoms with Crippen molar-refractivity contribution in [2.45, 2.75) is 19.0 Å². The minimum absolute atomic E-state index is 0.0726. The molecule has 2 heterocycles. The van der Waals surface area contributed by atoms with Crippen molar-refractivity contribution in [1.82, 2.24) is 10.2 Å². The van der Waals surface area contributed by atoms with Gasteiger partial charge in [0.15, 0.2) is 12.4 Å². The lowest BCUT2D eigenvalue weighted by Gasteiger charge is -2.17. The van der Waals surface area contributed by atoms with Crippen LogP contribution in [0.3, 0.4) is 0 Å². The van der Waals surface area contributed by atoms with Crippen LogP contribution < -0.4 is 10.0 Å². The predicted octanol–water partition coefficient (Wildman–Crippen LogP) is 0.990. The Bertz CT molecular complexity index is 764. The van der Waals surface area contributed by atoms with Crippen LogP contribution in [0.5, 0.6) is 0 Å². The van der Waals surface area contributed by atoms with Crippen molar-refractivity contribution in [2.75, 3.05) is 6.54 Å². The molecule has 1 aromatic carbocycles. The van der Waals surface area contributed by atoms with E-state index in [1.165, 1.54) is 36.7 Å². The number of likely N-dealkylation sites (tertiary alicyclic amines) is 1. The van der Waals surface area contributed by atoms with Crippen LogP contribution in [0.1, 0.15) is 22.3 Å². The third-order valence-corrected chi connectivity index (χ3v) is 3.87. The fourth-order valence-electron chi connectivity index (χ4n) is 2.69. The summed E-state index contributed by atoms with van der Waals surface area (Å²) in [6.07, 6.45) is 2.68. The van der Waals surface area contributed by atoms with E-state index in [4.69, 9.17) is 0 Å². The number of amides is 2. The highest BCUT2D eigenvalue weighted by Gasteiger charge is 2.30.